The quantitative estimate of drug-likeness (QED) is 0.583. The van der Waals surface area contributed by atoms with Crippen LogP contribution in [-0.4, -0.2) is 28.0 Å². The van der Waals surface area contributed by atoms with Gasteiger partial charge < -0.3 is 10.2 Å². The summed E-state index contributed by atoms with van der Waals surface area (Å²) in [6.07, 6.45) is 2.94. The van der Waals surface area contributed by atoms with Gasteiger partial charge >= 0.3 is 5.97 Å². The third kappa shape index (κ3) is 2.54. The maximum Gasteiger partial charge on any atom is 0.349 e. The van der Waals surface area contributed by atoms with Crippen molar-refractivity contribution in [3.8, 4) is 0 Å². The van der Waals surface area contributed by atoms with Crippen LogP contribution in [-0.2, 0) is 4.79 Å². The van der Waals surface area contributed by atoms with E-state index in [1.54, 1.807) is 6.92 Å². The minimum Gasteiger partial charge on any atom is -0.477 e. The molecule has 0 saturated heterocycles. The number of aliphatic hydroxyl groups is 1. The van der Waals surface area contributed by atoms with E-state index in [1.807, 2.05) is 0 Å². The highest BCUT2D eigenvalue weighted by atomic mass is 16.4. The molecule has 4 nitrogen and oxygen atoms in total. The van der Waals surface area contributed by atoms with E-state index in [4.69, 9.17) is 10.5 Å². The summed E-state index contributed by atoms with van der Waals surface area (Å²) in [7, 11) is 0. The maximum atomic E-state index is 10.4. The zero-order chi connectivity index (χ0) is 10.7. The summed E-state index contributed by atoms with van der Waals surface area (Å²) in [5.74, 6) is -0.979. The Kier molecular flexibility index (Phi) is 3.63. The van der Waals surface area contributed by atoms with E-state index < -0.39 is 12.1 Å². The Morgan fingerprint density at radius 3 is 2.50 bits per heavy atom. The summed E-state index contributed by atoms with van der Waals surface area (Å²) in [5, 5.41) is 25.5. The van der Waals surface area contributed by atoms with Crippen LogP contribution in [0.25, 0.3) is 0 Å². The van der Waals surface area contributed by atoms with Gasteiger partial charge in [-0.2, -0.15) is 0 Å². The summed E-state index contributed by atoms with van der Waals surface area (Å²) in [5.41, 5.74) is -0.309. The highest BCUT2D eigenvalue weighted by molar-refractivity contribution is 6.34. The van der Waals surface area contributed by atoms with Crippen LogP contribution in [0.2, 0.25) is 0 Å². The van der Waals surface area contributed by atoms with Gasteiger partial charge in [-0.15, -0.1) is 0 Å². The van der Waals surface area contributed by atoms with Crippen LogP contribution in [0.5, 0.6) is 0 Å². The first-order valence-corrected chi connectivity index (χ1v) is 5.01. The third-order valence-corrected chi connectivity index (χ3v) is 3.00. The monoisotopic (exact) mass is 199 g/mol. The lowest BCUT2D eigenvalue weighted by Crippen LogP contribution is -2.34. The number of carboxylic acid groups (broad SMARTS) is 1. The molecule has 1 aliphatic rings. The molecular weight excluding hydrogens is 182 g/mol. The molecule has 1 saturated carbocycles. The van der Waals surface area contributed by atoms with Crippen molar-refractivity contribution in [2.75, 3.05) is 0 Å². The number of hydrogen-bond acceptors (Lipinski definition) is 3. The molecule has 0 aromatic carbocycles. The average molecular weight is 199 g/mol. The Morgan fingerprint density at radius 1 is 1.57 bits per heavy atom. The van der Waals surface area contributed by atoms with Crippen LogP contribution in [0.3, 0.4) is 0 Å². The highest BCUT2D eigenvalue weighted by Gasteiger charge is 2.30. The topological polar surface area (TPSA) is 81.4 Å². The highest BCUT2D eigenvalue weighted by Crippen LogP contribution is 2.33. The summed E-state index contributed by atoms with van der Waals surface area (Å²) < 4.78 is 0. The van der Waals surface area contributed by atoms with Gasteiger partial charge in [0.25, 0.3) is 0 Å². The molecule has 0 aromatic heterocycles. The van der Waals surface area contributed by atoms with Gasteiger partial charge in [-0.3, -0.25) is 5.41 Å². The van der Waals surface area contributed by atoms with Crippen LogP contribution in [0.15, 0.2) is 0 Å². The van der Waals surface area contributed by atoms with Gasteiger partial charge in [-0.1, -0.05) is 13.3 Å². The number of carboxylic acids is 1. The molecule has 2 atom stereocenters. The molecule has 0 spiro atoms. The summed E-state index contributed by atoms with van der Waals surface area (Å²) >= 11 is 0. The third-order valence-electron chi connectivity index (χ3n) is 3.00. The molecule has 0 aliphatic heterocycles. The second kappa shape index (κ2) is 4.55. The number of nitrogens with one attached hydrogen (secondary N) is 1. The fourth-order valence-electron chi connectivity index (χ4n) is 1.78. The van der Waals surface area contributed by atoms with Gasteiger partial charge in [0.15, 0.2) is 0 Å². The van der Waals surface area contributed by atoms with Crippen molar-refractivity contribution in [3.05, 3.63) is 0 Å². The maximum absolute atomic E-state index is 10.4. The molecular formula is C10H17NO3. The molecule has 0 bridgehead atoms. The van der Waals surface area contributed by atoms with E-state index in [0.717, 1.165) is 19.3 Å². The predicted molar refractivity (Wildman–Crippen MR) is 52.5 cm³/mol. The number of rotatable bonds is 5. The van der Waals surface area contributed by atoms with E-state index in [1.165, 1.54) is 0 Å². The summed E-state index contributed by atoms with van der Waals surface area (Å²) in [6, 6.07) is 0. The van der Waals surface area contributed by atoms with Crippen LogP contribution < -0.4 is 0 Å². The molecule has 1 rings (SSSR count). The molecule has 1 fully saturated rings. The fourth-order valence-corrected chi connectivity index (χ4v) is 1.78. The van der Waals surface area contributed by atoms with Crippen molar-refractivity contribution < 1.29 is 15.0 Å². The summed E-state index contributed by atoms with van der Waals surface area (Å²) in [4.78, 5) is 10.4. The van der Waals surface area contributed by atoms with Gasteiger partial charge in [0.2, 0.25) is 0 Å². The van der Waals surface area contributed by atoms with E-state index in [2.05, 4.69) is 0 Å². The molecule has 0 aromatic rings. The zero-order valence-corrected chi connectivity index (χ0v) is 8.36. The molecule has 1 unspecified atom stereocenters. The Balaban J connectivity index is 2.36. The summed E-state index contributed by atoms with van der Waals surface area (Å²) in [6.45, 7) is 1.81. The zero-order valence-electron chi connectivity index (χ0n) is 8.36. The lowest BCUT2D eigenvalue weighted by Gasteiger charge is -2.33. The molecule has 14 heavy (non-hydrogen) atoms. The Labute approximate surface area is 83.5 Å². The van der Waals surface area contributed by atoms with Crippen molar-refractivity contribution in [3.63, 3.8) is 0 Å². The lowest BCUT2D eigenvalue weighted by atomic mass is 9.76. The molecule has 3 N–H and O–H groups in total. The SMILES string of the molecule is C[C@@H](CC(=N)C(=O)O)C(O)C1CCC1. The predicted octanol–water partition coefficient (Wildman–Crippen LogP) is 1.28. The molecule has 80 valence electrons. The van der Waals surface area contributed by atoms with Crippen molar-refractivity contribution in [2.24, 2.45) is 11.8 Å². The minimum atomic E-state index is -1.18. The van der Waals surface area contributed by atoms with Crippen molar-refractivity contribution >= 4 is 11.7 Å². The normalized spacial score (nSPS) is 21.0. The standard InChI is InChI=1S/C10H17NO3/c1-6(5-8(11)10(13)14)9(12)7-3-2-4-7/h6-7,9,11-12H,2-5H2,1H3,(H,13,14)/t6-,9?/m0/s1. The molecule has 4 heteroatoms. The van der Waals surface area contributed by atoms with Gasteiger partial charge in [-0.05, 0) is 24.7 Å². The lowest BCUT2D eigenvalue weighted by molar-refractivity contribution is -0.129. The number of aliphatic carboxylic acids is 1. The van der Waals surface area contributed by atoms with Gasteiger partial charge in [0.1, 0.15) is 5.71 Å². The van der Waals surface area contributed by atoms with Gasteiger partial charge in [-0.25, -0.2) is 4.79 Å². The van der Waals surface area contributed by atoms with Gasteiger partial charge in [0.05, 0.1) is 6.10 Å². The molecule has 0 heterocycles. The Hall–Kier alpha value is -0.900. The largest absolute Gasteiger partial charge is 0.477 e. The first-order chi connectivity index (χ1) is 6.52. The number of aliphatic hydroxyl groups excluding tert-OH is 1. The Bertz CT molecular complexity index is 236. The number of carbonyl (C=O) groups is 1. The van der Waals surface area contributed by atoms with Gasteiger partial charge in [0, 0.05) is 6.42 Å². The van der Waals surface area contributed by atoms with Crippen molar-refractivity contribution in [1.29, 1.82) is 5.41 Å². The van der Waals surface area contributed by atoms with E-state index in [-0.39, 0.29) is 18.1 Å². The fraction of sp³-hybridized carbons (Fsp3) is 0.800. The van der Waals surface area contributed by atoms with E-state index in [0.29, 0.717) is 5.92 Å². The van der Waals surface area contributed by atoms with E-state index in [9.17, 15) is 9.90 Å². The first kappa shape index (κ1) is 11.2. The second-order valence-corrected chi connectivity index (χ2v) is 4.15. The smallest absolute Gasteiger partial charge is 0.349 e. The Morgan fingerprint density at radius 2 is 2.14 bits per heavy atom. The van der Waals surface area contributed by atoms with Crippen molar-refractivity contribution in [2.45, 2.75) is 38.7 Å². The van der Waals surface area contributed by atoms with Crippen LogP contribution in [0.4, 0.5) is 0 Å². The van der Waals surface area contributed by atoms with Crippen LogP contribution in [0, 0.1) is 17.2 Å². The number of hydrogen-bond donors (Lipinski definition) is 3. The minimum absolute atomic E-state index is 0.121. The van der Waals surface area contributed by atoms with Crippen molar-refractivity contribution in [1.82, 2.24) is 0 Å². The van der Waals surface area contributed by atoms with E-state index >= 15 is 0 Å². The first-order valence-electron chi connectivity index (χ1n) is 5.01. The molecule has 0 amide bonds. The molecule has 0 radical (unpaired) electrons. The second-order valence-electron chi connectivity index (χ2n) is 4.15. The molecule has 1 aliphatic carbocycles. The average Bonchev–Trinajstić information content (AvgIpc) is 2.00. The van der Waals surface area contributed by atoms with Crippen LogP contribution in [0.1, 0.15) is 32.6 Å². The van der Waals surface area contributed by atoms with Crippen LogP contribution >= 0.6 is 0 Å².